The van der Waals surface area contributed by atoms with E-state index in [0.29, 0.717) is 23.6 Å². The summed E-state index contributed by atoms with van der Waals surface area (Å²) in [6, 6.07) is 5.51. The van der Waals surface area contributed by atoms with Crippen LogP contribution < -0.4 is 16.0 Å². The molecule has 0 saturated heterocycles. The number of aryl methyl sites for hydroxylation is 1. The molecule has 1 saturated carbocycles. The molecule has 0 radical (unpaired) electrons. The van der Waals surface area contributed by atoms with Crippen LogP contribution in [0.2, 0.25) is 0 Å². The molecule has 2 atom stereocenters. The van der Waals surface area contributed by atoms with E-state index in [0.717, 1.165) is 35.6 Å². The molecule has 4 heterocycles. The van der Waals surface area contributed by atoms with Crippen molar-refractivity contribution in [3.05, 3.63) is 35.9 Å². The normalized spacial score (nSPS) is 21.3. The molecule has 9 nitrogen and oxygen atoms in total. The molecule has 1 aliphatic heterocycles. The van der Waals surface area contributed by atoms with Crippen LogP contribution in [0.25, 0.3) is 11.2 Å². The fraction of sp³-hybridized carbons (Fsp3) is 0.368. The van der Waals surface area contributed by atoms with Crippen LogP contribution in [-0.2, 0) is 11.3 Å². The Kier molecular flexibility index (Phi) is 3.90. The second-order valence-corrected chi connectivity index (χ2v) is 7.19. The second-order valence-electron chi connectivity index (χ2n) is 7.19. The Bertz CT molecular complexity index is 1080. The number of nitrogens with one attached hydrogen (secondary N) is 3. The van der Waals surface area contributed by atoms with Crippen molar-refractivity contribution in [2.24, 2.45) is 0 Å². The minimum atomic E-state index is -0.253. The van der Waals surface area contributed by atoms with Crippen LogP contribution in [-0.4, -0.2) is 44.7 Å². The van der Waals surface area contributed by atoms with Gasteiger partial charge in [-0.25, -0.2) is 19.3 Å². The van der Waals surface area contributed by atoms with Gasteiger partial charge in [-0.3, -0.25) is 4.98 Å². The SMILES string of the molecule is CNc1cc2nc3c1ncn3C(=O)N[C@@H]1CC[C@H]1OCc1cc(cc(C)n1)N2. The van der Waals surface area contributed by atoms with E-state index in [4.69, 9.17) is 4.74 Å². The third-order valence-electron chi connectivity index (χ3n) is 5.24. The smallest absolute Gasteiger partial charge is 0.328 e. The number of anilines is 3. The van der Waals surface area contributed by atoms with Crippen LogP contribution in [0.5, 0.6) is 0 Å². The highest BCUT2D eigenvalue weighted by atomic mass is 16.5. The van der Waals surface area contributed by atoms with Crippen molar-refractivity contribution < 1.29 is 9.53 Å². The molecule has 144 valence electrons. The van der Waals surface area contributed by atoms with Gasteiger partial charge in [-0.15, -0.1) is 0 Å². The Balaban J connectivity index is 1.66. The van der Waals surface area contributed by atoms with Gasteiger partial charge in [-0.2, -0.15) is 0 Å². The molecule has 0 spiro atoms. The molecular weight excluding hydrogens is 358 g/mol. The molecule has 1 fully saturated rings. The largest absolute Gasteiger partial charge is 0.386 e. The number of amides is 1. The summed E-state index contributed by atoms with van der Waals surface area (Å²) in [5.74, 6) is 0.613. The van der Waals surface area contributed by atoms with E-state index in [1.165, 1.54) is 10.9 Å². The molecule has 2 aliphatic rings. The van der Waals surface area contributed by atoms with Gasteiger partial charge in [0.25, 0.3) is 0 Å². The maximum atomic E-state index is 12.8. The number of ether oxygens (including phenoxy) is 1. The minimum absolute atomic E-state index is 0.0169. The first-order valence-corrected chi connectivity index (χ1v) is 9.33. The number of imidazole rings is 1. The number of fused-ring (bicyclic) bond motifs is 4. The zero-order valence-corrected chi connectivity index (χ0v) is 15.7. The lowest BCUT2D eigenvalue weighted by Crippen LogP contribution is -2.52. The summed E-state index contributed by atoms with van der Waals surface area (Å²) in [5, 5.41) is 9.49. The van der Waals surface area contributed by atoms with E-state index in [1.807, 2.05) is 32.2 Å². The van der Waals surface area contributed by atoms with Crippen LogP contribution in [0.15, 0.2) is 24.5 Å². The van der Waals surface area contributed by atoms with Gasteiger partial charge in [0.2, 0.25) is 0 Å². The van der Waals surface area contributed by atoms with Crippen molar-refractivity contribution in [2.45, 2.75) is 38.5 Å². The molecular formula is C19H21N7O2. The zero-order chi connectivity index (χ0) is 19.3. The number of aromatic nitrogens is 4. The monoisotopic (exact) mass is 379 g/mol. The first-order chi connectivity index (χ1) is 13.6. The number of rotatable bonds is 1. The fourth-order valence-electron chi connectivity index (χ4n) is 3.68. The quantitative estimate of drug-likeness (QED) is 0.596. The van der Waals surface area contributed by atoms with Gasteiger partial charge < -0.3 is 20.7 Å². The molecule has 5 rings (SSSR count). The summed E-state index contributed by atoms with van der Waals surface area (Å²) in [4.78, 5) is 26.4. The fourth-order valence-corrected chi connectivity index (χ4v) is 3.68. The van der Waals surface area contributed by atoms with Crippen LogP contribution in [0.3, 0.4) is 0 Å². The summed E-state index contributed by atoms with van der Waals surface area (Å²) >= 11 is 0. The first kappa shape index (κ1) is 16.9. The highest BCUT2D eigenvalue weighted by Gasteiger charge is 2.34. The summed E-state index contributed by atoms with van der Waals surface area (Å²) in [5.41, 5.74) is 4.54. The van der Waals surface area contributed by atoms with Crippen LogP contribution in [0.1, 0.15) is 24.2 Å². The Morgan fingerprint density at radius 2 is 2.14 bits per heavy atom. The summed E-state index contributed by atoms with van der Waals surface area (Å²) < 4.78 is 7.46. The van der Waals surface area contributed by atoms with Gasteiger partial charge in [0.05, 0.1) is 30.1 Å². The molecule has 28 heavy (non-hydrogen) atoms. The lowest BCUT2D eigenvalue weighted by Gasteiger charge is -2.36. The zero-order valence-electron chi connectivity index (χ0n) is 15.7. The molecule has 3 N–H and O–H groups in total. The Morgan fingerprint density at radius 1 is 1.25 bits per heavy atom. The minimum Gasteiger partial charge on any atom is -0.386 e. The van der Waals surface area contributed by atoms with Crippen LogP contribution in [0.4, 0.5) is 22.0 Å². The number of hydrogen-bond acceptors (Lipinski definition) is 7. The van der Waals surface area contributed by atoms with Crippen molar-refractivity contribution in [1.82, 2.24) is 24.8 Å². The number of nitrogens with zero attached hydrogens (tertiary/aromatic N) is 4. The Labute approximate surface area is 161 Å². The van der Waals surface area contributed by atoms with Crippen molar-refractivity contribution in [2.75, 3.05) is 17.7 Å². The third kappa shape index (κ3) is 2.84. The first-order valence-electron chi connectivity index (χ1n) is 9.33. The molecule has 9 heteroatoms. The molecule has 1 aliphatic carbocycles. The summed E-state index contributed by atoms with van der Waals surface area (Å²) in [7, 11) is 1.82. The van der Waals surface area contributed by atoms with Gasteiger partial charge >= 0.3 is 6.03 Å². The van der Waals surface area contributed by atoms with Gasteiger partial charge in [-0.05, 0) is 31.9 Å². The second kappa shape index (κ2) is 6.45. The van der Waals surface area contributed by atoms with Crippen molar-refractivity contribution in [3.63, 3.8) is 0 Å². The highest BCUT2D eigenvalue weighted by Crippen LogP contribution is 2.29. The van der Waals surface area contributed by atoms with Crippen LogP contribution in [0, 0.1) is 6.92 Å². The van der Waals surface area contributed by atoms with E-state index in [2.05, 4.69) is 30.9 Å². The Hall–Kier alpha value is -3.20. The Morgan fingerprint density at radius 3 is 2.93 bits per heavy atom. The average Bonchev–Trinajstić information content (AvgIpc) is 3.07. The number of carbonyl (C=O) groups is 1. The number of hydrogen-bond donors (Lipinski definition) is 3. The van der Waals surface area contributed by atoms with Crippen molar-refractivity contribution >= 4 is 34.4 Å². The van der Waals surface area contributed by atoms with E-state index in [1.54, 1.807) is 0 Å². The number of pyridine rings is 2. The van der Waals surface area contributed by atoms with Crippen molar-refractivity contribution in [3.8, 4) is 0 Å². The molecule has 1 amide bonds. The van der Waals surface area contributed by atoms with Gasteiger partial charge in [0, 0.05) is 24.5 Å². The van der Waals surface area contributed by atoms with E-state index >= 15 is 0 Å². The van der Waals surface area contributed by atoms with Crippen LogP contribution >= 0.6 is 0 Å². The lowest BCUT2D eigenvalue weighted by atomic mass is 9.89. The maximum Gasteiger partial charge on any atom is 0.328 e. The molecule has 4 bridgehead atoms. The third-order valence-corrected chi connectivity index (χ3v) is 5.24. The number of carbonyl (C=O) groups excluding carboxylic acids is 1. The van der Waals surface area contributed by atoms with Gasteiger partial charge in [0.15, 0.2) is 5.65 Å². The van der Waals surface area contributed by atoms with E-state index in [-0.39, 0.29) is 18.2 Å². The predicted octanol–water partition coefficient (Wildman–Crippen LogP) is 2.54. The predicted molar refractivity (Wildman–Crippen MR) is 105 cm³/mol. The molecule has 3 aromatic rings. The van der Waals surface area contributed by atoms with Gasteiger partial charge in [-0.1, -0.05) is 0 Å². The standard InChI is InChI=1S/C19H21N7O2/c1-10-5-11-6-12(22-10)8-28-15-4-3-13(15)24-19(27)26-9-21-17-14(20-2)7-16(23-11)25-18(17)26/h5-7,9,13,15H,3-4,8H2,1-2H3,(H,24,27)(H2,20,23,25)/t13-,15-/m1/s1. The molecule has 0 unspecified atom stereocenters. The highest BCUT2D eigenvalue weighted by molar-refractivity contribution is 5.94. The van der Waals surface area contributed by atoms with Crippen molar-refractivity contribution in [1.29, 1.82) is 0 Å². The molecule has 0 aromatic carbocycles. The summed E-state index contributed by atoms with van der Waals surface area (Å²) in [6.45, 7) is 2.35. The maximum absolute atomic E-state index is 12.8. The lowest BCUT2D eigenvalue weighted by molar-refractivity contribution is -0.0335. The summed E-state index contributed by atoms with van der Waals surface area (Å²) in [6.07, 6.45) is 3.29. The molecule has 3 aromatic heterocycles. The topological polar surface area (TPSA) is 106 Å². The van der Waals surface area contributed by atoms with E-state index in [9.17, 15) is 4.79 Å². The van der Waals surface area contributed by atoms with Gasteiger partial charge in [0.1, 0.15) is 17.7 Å². The average molecular weight is 379 g/mol. The van der Waals surface area contributed by atoms with E-state index < -0.39 is 0 Å².